The monoisotopic (exact) mass is 305 g/mol. The Morgan fingerprint density at radius 2 is 2.10 bits per heavy atom. The topological polar surface area (TPSA) is 70.7 Å². The Morgan fingerprint density at radius 1 is 1.40 bits per heavy atom. The molecule has 0 radical (unpaired) electrons. The number of ether oxygens (including phenoxy) is 1. The van der Waals surface area contributed by atoms with E-state index in [4.69, 9.17) is 4.74 Å². The van der Waals surface area contributed by atoms with Gasteiger partial charge in [-0.15, -0.1) is 12.4 Å². The highest BCUT2D eigenvalue weighted by Gasteiger charge is 2.25. The maximum Gasteiger partial charge on any atom is 0.245 e. The number of hydrogen-bond donors (Lipinski definition) is 2. The van der Waals surface area contributed by atoms with Crippen molar-refractivity contribution in [2.75, 3.05) is 32.8 Å². The van der Waals surface area contributed by atoms with E-state index in [1.165, 1.54) is 0 Å². The predicted molar refractivity (Wildman–Crippen MR) is 77.9 cm³/mol. The highest BCUT2D eigenvalue weighted by Crippen LogP contribution is 2.08. The molecule has 2 fully saturated rings. The lowest BCUT2D eigenvalue weighted by Gasteiger charge is -2.29. The Kier molecular flexibility index (Phi) is 7.26. The van der Waals surface area contributed by atoms with E-state index in [0.29, 0.717) is 32.7 Å². The number of morpholine rings is 1. The number of halogens is 1. The zero-order valence-corrected chi connectivity index (χ0v) is 12.7. The second kappa shape index (κ2) is 8.44. The normalized spacial score (nSPS) is 23.9. The van der Waals surface area contributed by atoms with Crippen LogP contribution in [0.3, 0.4) is 0 Å². The second-order valence-electron chi connectivity index (χ2n) is 5.22. The van der Waals surface area contributed by atoms with Gasteiger partial charge in [0.1, 0.15) is 6.04 Å². The average Bonchev–Trinajstić information content (AvgIpc) is 2.91. The van der Waals surface area contributed by atoms with E-state index in [2.05, 4.69) is 10.6 Å². The van der Waals surface area contributed by atoms with Crippen LogP contribution >= 0.6 is 12.4 Å². The van der Waals surface area contributed by atoms with Crippen LogP contribution in [0.25, 0.3) is 0 Å². The van der Waals surface area contributed by atoms with Gasteiger partial charge in [0.15, 0.2) is 0 Å². The van der Waals surface area contributed by atoms with Gasteiger partial charge in [-0.1, -0.05) is 0 Å². The molecule has 2 amide bonds. The van der Waals surface area contributed by atoms with Crippen LogP contribution in [-0.4, -0.2) is 61.6 Å². The van der Waals surface area contributed by atoms with Crippen molar-refractivity contribution in [3.63, 3.8) is 0 Å². The summed E-state index contributed by atoms with van der Waals surface area (Å²) in [6.07, 6.45) is 2.63. The summed E-state index contributed by atoms with van der Waals surface area (Å²) in [4.78, 5) is 25.7. The lowest BCUT2D eigenvalue weighted by atomic mass is 10.1. The zero-order valence-electron chi connectivity index (χ0n) is 11.9. The summed E-state index contributed by atoms with van der Waals surface area (Å²) < 4.78 is 5.21. The minimum atomic E-state index is -0.452. The third kappa shape index (κ3) is 4.92. The summed E-state index contributed by atoms with van der Waals surface area (Å²) in [6, 6.07) is -0.183. The molecule has 0 saturated carbocycles. The molecule has 2 unspecified atom stereocenters. The van der Waals surface area contributed by atoms with Crippen molar-refractivity contribution in [1.82, 2.24) is 15.5 Å². The molecule has 116 valence electrons. The summed E-state index contributed by atoms with van der Waals surface area (Å²) in [5, 5.41) is 6.07. The summed E-state index contributed by atoms with van der Waals surface area (Å²) in [5.74, 6) is -0.0652. The van der Waals surface area contributed by atoms with Crippen LogP contribution in [0.1, 0.15) is 26.2 Å². The molecule has 0 aromatic carbocycles. The van der Waals surface area contributed by atoms with Crippen molar-refractivity contribution >= 4 is 24.2 Å². The van der Waals surface area contributed by atoms with Gasteiger partial charge in [-0.25, -0.2) is 0 Å². The van der Waals surface area contributed by atoms with Crippen LogP contribution in [0.5, 0.6) is 0 Å². The van der Waals surface area contributed by atoms with Crippen LogP contribution in [0, 0.1) is 0 Å². The Morgan fingerprint density at radius 3 is 2.70 bits per heavy atom. The molecule has 2 heterocycles. The molecule has 2 N–H and O–H groups in total. The second-order valence-corrected chi connectivity index (χ2v) is 5.22. The van der Waals surface area contributed by atoms with E-state index in [1.54, 1.807) is 11.8 Å². The number of rotatable bonds is 4. The fourth-order valence-corrected chi connectivity index (χ4v) is 2.57. The van der Waals surface area contributed by atoms with E-state index in [9.17, 15) is 9.59 Å². The minimum Gasteiger partial charge on any atom is -0.378 e. The lowest BCUT2D eigenvalue weighted by molar-refractivity contribution is -0.139. The number of hydrogen-bond acceptors (Lipinski definition) is 4. The number of carbonyl (C=O) groups excluding carboxylic acids is 2. The van der Waals surface area contributed by atoms with E-state index < -0.39 is 6.04 Å². The van der Waals surface area contributed by atoms with Gasteiger partial charge >= 0.3 is 0 Å². The van der Waals surface area contributed by atoms with Gasteiger partial charge in [0.05, 0.1) is 13.2 Å². The fraction of sp³-hybridized carbons (Fsp3) is 0.846. The maximum absolute atomic E-state index is 12.1. The predicted octanol–water partition coefficient (Wildman–Crippen LogP) is -0.0862. The lowest BCUT2D eigenvalue weighted by Crippen LogP contribution is -2.51. The Labute approximate surface area is 126 Å². The Hall–Kier alpha value is -0.850. The molecule has 6 nitrogen and oxygen atoms in total. The van der Waals surface area contributed by atoms with E-state index >= 15 is 0 Å². The van der Waals surface area contributed by atoms with Crippen molar-refractivity contribution in [1.29, 1.82) is 0 Å². The Balaban J connectivity index is 0.00000200. The number of amides is 2. The quantitative estimate of drug-likeness (QED) is 0.762. The van der Waals surface area contributed by atoms with Crippen LogP contribution < -0.4 is 10.6 Å². The molecule has 0 aromatic rings. The standard InChI is InChI=1S/C13H23N3O3.ClH/c1-10(13(18)16-5-7-19-8-6-16)15-12(17)9-11-3-2-4-14-11;/h10-11,14H,2-9H2,1H3,(H,15,17);1H. The molecular weight excluding hydrogens is 282 g/mol. The van der Waals surface area contributed by atoms with Crippen LogP contribution in [0.15, 0.2) is 0 Å². The first-order chi connectivity index (χ1) is 9.16. The molecule has 0 spiro atoms. The van der Waals surface area contributed by atoms with Gasteiger partial charge in [0, 0.05) is 25.6 Å². The van der Waals surface area contributed by atoms with Gasteiger partial charge in [-0.2, -0.15) is 0 Å². The summed E-state index contributed by atoms with van der Waals surface area (Å²) >= 11 is 0. The number of nitrogens with one attached hydrogen (secondary N) is 2. The molecule has 2 saturated heterocycles. The van der Waals surface area contributed by atoms with Crippen molar-refractivity contribution in [3.8, 4) is 0 Å². The van der Waals surface area contributed by atoms with E-state index in [1.807, 2.05) is 0 Å². The van der Waals surface area contributed by atoms with Crippen LogP contribution in [0.2, 0.25) is 0 Å². The van der Waals surface area contributed by atoms with E-state index in [0.717, 1.165) is 19.4 Å². The number of nitrogens with zero attached hydrogens (tertiary/aromatic N) is 1. The van der Waals surface area contributed by atoms with Gasteiger partial charge in [-0.05, 0) is 26.3 Å². The highest BCUT2D eigenvalue weighted by atomic mass is 35.5. The first-order valence-electron chi connectivity index (χ1n) is 7.06. The van der Waals surface area contributed by atoms with Gasteiger partial charge in [0.2, 0.25) is 11.8 Å². The fourth-order valence-electron chi connectivity index (χ4n) is 2.57. The molecule has 7 heteroatoms. The molecule has 2 aliphatic rings. The maximum atomic E-state index is 12.1. The van der Waals surface area contributed by atoms with Crippen LogP contribution in [0.4, 0.5) is 0 Å². The third-order valence-electron chi connectivity index (χ3n) is 3.66. The van der Waals surface area contributed by atoms with Crippen molar-refractivity contribution in [2.45, 2.75) is 38.3 Å². The van der Waals surface area contributed by atoms with Crippen LogP contribution in [-0.2, 0) is 14.3 Å². The third-order valence-corrected chi connectivity index (χ3v) is 3.66. The molecule has 2 atom stereocenters. The average molecular weight is 306 g/mol. The molecule has 20 heavy (non-hydrogen) atoms. The molecule has 2 rings (SSSR count). The SMILES string of the molecule is CC(NC(=O)CC1CCCN1)C(=O)N1CCOCC1.Cl. The smallest absolute Gasteiger partial charge is 0.245 e. The molecule has 0 aliphatic carbocycles. The molecule has 0 bridgehead atoms. The first-order valence-corrected chi connectivity index (χ1v) is 7.06. The number of carbonyl (C=O) groups is 2. The Bertz CT molecular complexity index is 329. The van der Waals surface area contributed by atoms with E-state index in [-0.39, 0.29) is 30.3 Å². The largest absolute Gasteiger partial charge is 0.378 e. The van der Waals surface area contributed by atoms with Gasteiger partial charge in [-0.3, -0.25) is 9.59 Å². The van der Waals surface area contributed by atoms with Gasteiger partial charge < -0.3 is 20.3 Å². The van der Waals surface area contributed by atoms with Crippen molar-refractivity contribution in [2.24, 2.45) is 0 Å². The first kappa shape index (κ1) is 17.2. The van der Waals surface area contributed by atoms with Crippen molar-refractivity contribution in [3.05, 3.63) is 0 Å². The minimum absolute atomic E-state index is 0. The summed E-state index contributed by atoms with van der Waals surface area (Å²) in [5.41, 5.74) is 0. The van der Waals surface area contributed by atoms with Gasteiger partial charge in [0.25, 0.3) is 0 Å². The van der Waals surface area contributed by atoms with Crippen molar-refractivity contribution < 1.29 is 14.3 Å². The zero-order chi connectivity index (χ0) is 13.7. The molecule has 0 aromatic heterocycles. The summed E-state index contributed by atoms with van der Waals surface area (Å²) in [6.45, 7) is 5.13. The highest BCUT2D eigenvalue weighted by molar-refractivity contribution is 5.87. The summed E-state index contributed by atoms with van der Waals surface area (Å²) in [7, 11) is 0. The molecule has 2 aliphatic heterocycles. The molecular formula is C13H24ClN3O3.